The Labute approximate surface area is 116 Å². The van der Waals surface area contributed by atoms with Crippen LogP contribution >= 0.6 is 0 Å². The van der Waals surface area contributed by atoms with Gasteiger partial charge in [-0.1, -0.05) is 25.0 Å². The van der Waals surface area contributed by atoms with Gasteiger partial charge in [0.25, 0.3) is 0 Å². The second-order valence-corrected chi connectivity index (χ2v) is 5.80. The molecule has 1 aromatic carbocycles. The zero-order valence-electron chi connectivity index (χ0n) is 12.1. The molecule has 0 aromatic heterocycles. The van der Waals surface area contributed by atoms with Gasteiger partial charge in [0.05, 0.1) is 6.07 Å². The fraction of sp³-hybridized carbons (Fsp3) is 0.562. The molecular weight excluding hydrogens is 234 g/mol. The van der Waals surface area contributed by atoms with Gasteiger partial charge in [-0.25, -0.2) is 0 Å². The quantitative estimate of drug-likeness (QED) is 0.901. The lowest BCUT2D eigenvalue weighted by molar-refractivity contribution is 0.388. The molecule has 2 rings (SSSR count). The van der Waals surface area contributed by atoms with Crippen LogP contribution in [0.5, 0.6) is 0 Å². The average molecular weight is 257 g/mol. The molecule has 1 unspecified atom stereocenters. The molecule has 0 amide bonds. The largest absolute Gasteiger partial charge is 0.378 e. The second-order valence-electron chi connectivity index (χ2n) is 5.80. The van der Waals surface area contributed by atoms with Crippen LogP contribution in [0.1, 0.15) is 38.2 Å². The number of anilines is 1. The minimum Gasteiger partial charge on any atom is -0.378 e. The maximum atomic E-state index is 9.55. The van der Waals surface area contributed by atoms with Crippen LogP contribution in [0.4, 0.5) is 5.69 Å². The normalized spacial score (nSPS) is 18.8. The lowest BCUT2D eigenvalue weighted by Crippen LogP contribution is -2.43. The predicted molar refractivity (Wildman–Crippen MR) is 79.1 cm³/mol. The van der Waals surface area contributed by atoms with E-state index >= 15 is 0 Å². The van der Waals surface area contributed by atoms with Crippen LogP contribution < -0.4 is 10.2 Å². The van der Waals surface area contributed by atoms with Crippen LogP contribution in [0.15, 0.2) is 24.3 Å². The molecule has 1 aliphatic carbocycles. The maximum absolute atomic E-state index is 9.55. The molecule has 1 atom stereocenters. The summed E-state index contributed by atoms with van der Waals surface area (Å²) in [5, 5.41) is 13.1. The highest BCUT2D eigenvalue weighted by molar-refractivity contribution is 5.48. The van der Waals surface area contributed by atoms with Crippen LogP contribution in [0, 0.1) is 11.3 Å². The second kappa shape index (κ2) is 5.63. The molecule has 0 radical (unpaired) electrons. The van der Waals surface area contributed by atoms with Gasteiger partial charge >= 0.3 is 0 Å². The number of nitrogens with one attached hydrogen (secondary N) is 1. The van der Waals surface area contributed by atoms with Crippen molar-refractivity contribution >= 4 is 5.69 Å². The number of benzene rings is 1. The molecular formula is C16H23N3. The summed E-state index contributed by atoms with van der Waals surface area (Å²) in [6.45, 7) is 1.98. The first-order valence-electron chi connectivity index (χ1n) is 7.02. The van der Waals surface area contributed by atoms with Gasteiger partial charge < -0.3 is 4.90 Å². The summed E-state index contributed by atoms with van der Waals surface area (Å²) in [5.74, 6) is 0. The zero-order chi connectivity index (χ0) is 13.9. The van der Waals surface area contributed by atoms with E-state index in [9.17, 15) is 5.26 Å². The molecule has 19 heavy (non-hydrogen) atoms. The lowest BCUT2D eigenvalue weighted by Gasteiger charge is -2.28. The summed E-state index contributed by atoms with van der Waals surface area (Å²) in [6, 6.07) is 11.2. The SMILES string of the molecule is CN(C)c1ccc(C(C)(C#N)NC2CCCC2)cc1. The fourth-order valence-corrected chi connectivity index (χ4v) is 2.75. The van der Waals surface area contributed by atoms with Crippen molar-refractivity contribution in [1.82, 2.24) is 5.32 Å². The Hall–Kier alpha value is -1.53. The third-order valence-electron chi connectivity index (χ3n) is 4.03. The van der Waals surface area contributed by atoms with Crippen molar-refractivity contribution < 1.29 is 0 Å². The molecule has 0 bridgehead atoms. The Balaban J connectivity index is 2.17. The van der Waals surface area contributed by atoms with Crippen molar-refractivity contribution in [3.05, 3.63) is 29.8 Å². The van der Waals surface area contributed by atoms with Crippen molar-refractivity contribution in [3.63, 3.8) is 0 Å². The molecule has 3 nitrogen and oxygen atoms in total. The predicted octanol–water partition coefficient (Wildman–Crippen LogP) is 3.02. The monoisotopic (exact) mass is 257 g/mol. The van der Waals surface area contributed by atoms with E-state index < -0.39 is 5.54 Å². The van der Waals surface area contributed by atoms with Gasteiger partial charge in [-0.2, -0.15) is 5.26 Å². The van der Waals surface area contributed by atoms with E-state index in [0.717, 1.165) is 11.3 Å². The Morgan fingerprint density at radius 2 is 1.79 bits per heavy atom. The smallest absolute Gasteiger partial charge is 0.129 e. The third kappa shape index (κ3) is 3.08. The number of nitrogens with zero attached hydrogens (tertiary/aromatic N) is 2. The van der Waals surface area contributed by atoms with Gasteiger partial charge in [0.1, 0.15) is 5.54 Å². The Bertz CT molecular complexity index is 452. The highest BCUT2D eigenvalue weighted by Crippen LogP contribution is 2.27. The molecule has 102 valence electrons. The van der Waals surface area contributed by atoms with Gasteiger partial charge in [-0.15, -0.1) is 0 Å². The van der Waals surface area contributed by atoms with Gasteiger partial charge in [-0.3, -0.25) is 5.32 Å². The molecule has 3 heteroatoms. The van der Waals surface area contributed by atoms with Gasteiger partial charge in [0.2, 0.25) is 0 Å². The first-order valence-corrected chi connectivity index (χ1v) is 7.02. The third-order valence-corrected chi connectivity index (χ3v) is 4.03. The average Bonchev–Trinajstić information content (AvgIpc) is 2.91. The Kier molecular flexibility index (Phi) is 4.11. The number of nitriles is 1. The van der Waals surface area contributed by atoms with E-state index in [0.29, 0.717) is 6.04 Å². The van der Waals surface area contributed by atoms with Crippen LogP contribution in [0.2, 0.25) is 0 Å². The van der Waals surface area contributed by atoms with Crippen molar-refractivity contribution in [1.29, 1.82) is 5.26 Å². The number of hydrogen-bond donors (Lipinski definition) is 1. The van der Waals surface area contributed by atoms with Crippen LogP contribution in [-0.4, -0.2) is 20.1 Å². The number of hydrogen-bond acceptors (Lipinski definition) is 3. The van der Waals surface area contributed by atoms with E-state index in [1.165, 1.54) is 25.7 Å². The molecule has 1 aromatic rings. The Morgan fingerprint density at radius 3 is 2.26 bits per heavy atom. The summed E-state index contributed by atoms with van der Waals surface area (Å²) in [5.41, 5.74) is 1.62. The molecule has 1 N–H and O–H groups in total. The summed E-state index contributed by atoms with van der Waals surface area (Å²) in [4.78, 5) is 2.07. The van der Waals surface area contributed by atoms with Crippen LogP contribution in [0.3, 0.4) is 0 Å². The van der Waals surface area contributed by atoms with E-state index in [1.807, 2.05) is 21.0 Å². The van der Waals surface area contributed by atoms with Gasteiger partial charge in [0.15, 0.2) is 0 Å². The first-order chi connectivity index (χ1) is 9.05. The van der Waals surface area contributed by atoms with Crippen molar-refractivity contribution in [3.8, 4) is 6.07 Å². The molecule has 1 fully saturated rings. The van der Waals surface area contributed by atoms with Crippen molar-refractivity contribution in [2.75, 3.05) is 19.0 Å². The molecule has 0 saturated heterocycles. The standard InChI is InChI=1S/C16H23N3/c1-16(12-17,18-14-6-4-5-7-14)13-8-10-15(11-9-13)19(2)3/h8-11,14,18H,4-7H2,1-3H3. The zero-order valence-corrected chi connectivity index (χ0v) is 12.1. The fourth-order valence-electron chi connectivity index (χ4n) is 2.75. The Morgan fingerprint density at radius 1 is 1.21 bits per heavy atom. The van der Waals surface area contributed by atoms with E-state index in [4.69, 9.17) is 0 Å². The topological polar surface area (TPSA) is 39.1 Å². The number of rotatable bonds is 4. The highest BCUT2D eigenvalue weighted by atomic mass is 15.1. The molecule has 0 aliphatic heterocycles. The maximum Gasteiger partial charge on any atom is 0.129 e. The van der Waals surface area contributed by atoms with Crippen LogP contribution in [-0.2, 0) is 5.54 Å². The molecule has 1 saturated carbocycles. The van der Waals surface area contributed by atoms with Crippen molar-refractivity contribution in [2.24, 2.45) is 0 Å². The van der Waals surface area contributed by atoms with E-state index in [2.05, 4.69) is 40.6 Å². The molecule has 0 heterocycles. The van der Waals surface area contributed by atoms with Crippen molar-refractivity contribution in [2.45, 2.75) is 44.2 Å². The van der Waals surface area contributed by atoms with Gasteiger partial charge in [-0.05, 0) is 37.5 Å². The van der Waals surface area contributed by atoms with E-state index in [-0.39, 0.29) is 0 Å². The van der Waals surface area contributed by atoms with Gasteiger partial charge in [0, 0.05) is 25.8 Å². The minimum atomic E-state index is -0.583. The summed E-state index contributed by atoms with van der Waals surface area (Å²) in [7, 11) is 4.05. The molecule has 1 aliphatic rings. The summed E-state index contributed by atoms with van der Waals surface area (Å²) < 4.78 is 0. The van der Waals surface area contributed by atoms with Crippen LogP contribution in [0.25, 0.3) is 0 Å². The summed E-state index contributed by atoms with van der Waals surface area (Å²) >= 11 is 0. The summed E-state index contributed by atoms with van der Waals surface area (Å²) in [6.07, 6.45) is 4.93. The minimum absolute atomic E-state index is 0.484. The van der Waals surface area contributed by atoms with E-state index in [1.54, 1.807) is 0 Å². The lowest BCUT2D eigenvalue weighted by atomic mass is 9.92. The molecule has 0 spiro atoms. The first kappa shape index (κ1) is 13.9. The highest BCUT2D eigenvalue weighted by Gasteiger charge is 2.30.